The maximum absolute atomic E-state index is 13.6. The number of nitrogens with zero attached hydrogens (tertiary/aromatic N) is 1. The third kappa shape index (κ3) is 5.87. The summed E-state index contributed by atoms with van der Waals surface area (Å²) in [7, 11) is 0. The Hall–Kier alpha value is -3.71. The van der Waals surface area contributed by atoms with E-state index in [-0.39, 0.29) is 12.5 Å². The highest BCUT2D eigenvalue weighted by molar-refractivity contribution is 6.31. The average Bonchev–Trinajstić information content (AvgIpc) is 2.85. The zero-order valence-corrected chi connectivity index (χ0v) is 20.1. The summed E-state index contributed by atoms with van der Waals surface area (Å²) >= 11 is 6.43. The molecule has 178 valence electrons. The van der Waals surface area contributed by atoms with Crippen LogP contribution in [-0.2, 0) is 11.3 Å². The number of rotatable bonds is 9. The van der Waals surface area contributed by atoms with Gasteiger partial charge in [-0.15, -0.1) is 0 Å². The standard InChI is InChI=1S/C28H26ClN3O3/c1-3-19-7-6-8-22(14-19)35-26-16-31-25-10-5-4-9-23(25)27(26)28(33)32-21(17-34-30)15-20-12-11-18(2)13-24(20)29/h3-14,16,21H,1,15,17,30H2,2H3,(H,32,33)/t21-/m1/s1. The van der Waals surface area contributed by atoms with E-state index in [1.54, 1.807) is 12.3 Å². The van der Waals surface area contributed by atoms with Gasteiger partial charge in [0.1, 0.15) is 5.75 Å². The van der Waals surface area contributed by atoms with Crippen LogP contribution in [0.2, 0.25) is 5.02 Å². The van der Waals surface area contributed by atoms with E-state index in [2.05, 4.69) is 16.9 Å². The molecule has 0 aliphatic rings. The number of hydrogen-bond donors (Lipinski definition) is 2. The molecule has 3 aromatic carbocycles. The number of halogens is 1. The number of amides is 1. The average molecular weight is 488 g/mol. The second-order valence-corrected chi connectivity index (χ2v) is 8.60. The molecule has 0 spiro atoms. The van der Waals surface area contributed by atoms with Gasteiger partial charge >= 0.3 is 0 Å². The van der Waals surface area contributed by atoms with Crippen LogP contribution in [0.15, 0.2) is 79.5 Å². The van der Waals surface area contributed by atoms with Gasteiger partial charge in [-0.3, -0.25) is 9.78 Å². The normalized spacial score (nSPS) is 11.7. The summed E-state index contributed by atoms with van der Waals surface area (Å²) < 4.78 is 6.13. The third-order valence-electron chi connectivity index (χ3n) is 5.60. The maximum atomic E-state index is 13.6. The number of aryl methyl sites for hydroxylation is 1. The fraction of sp³-hybridized carbons (Fsp3) is 0.143. The lowest BCUT2D eigenvalue weighted by Crippen LogP contribution is -2.40. The minimum Gasteiger partial charge on any atom is -0.455 e. The van der Waals surface area contributed by atoms with Gasteiger partial charge in [0.2, 0.25) is 0 Å². The van der Waals surface area contributed by atoms with Crippen molar-refractivity contribution in [1.82, 2.24) is 10.3 Å². The van der Waals surface area contributed by atoms with Crippen LogP contribution >= 0.6 is 11.6 Å². The Kier molecular flexibility index (Phi) is 7.77. The van der Waals surface area contributed by atoms with Crippen molar-refractivity contribution in [2.45, 2.75) is 19.4 Å². The summed E-state index contributed by atoms with van der Waals surface area (Å²) in [5.41, 5.74) is 3.89. The van der Waals surface area contributed by atoms with Gasteiger partial charge in [0.05, 0.1) is 29.9 Å². The summed E-state index contributed by atoms with van der Waals surface area (Å²) in [6.07, 6.45) is 3.73. The van der Waals surface area contributed by atoms with Crippen molar-refractivity contribution in [2.75, 3.05) is 6.61 Å². The van der Waals surface area contributed by atoms with Crippen molar-refractivity contribution in [3.63, 3.8) is 0 Å². The van der Waals surface area contributed by atoms with Crippen LogP contribution < -0.4 is 16.0 Å². The number of para-hydroxylation sites is 1. The lowest BCUT2D eigenvalue weighted by molar-refractivity contribution is 0.0839. The first kappa shape index (κ1) is 24.4. The van der Waals surface area contributed by atoms with Crippen LogP contribution in [0.1, 0.15) is 27.0 Å². The number of hydrogen-bond acceptors (Lipinski definition) is 5. The molecule has 0 fully saturated rings. The fourth-order valence-electron chi connectivity index (χ4n) is 3.88. The van der Waals surface area contributed by atoms with E-state index >= 15 is 0 Å². The van der Waals surface area contributed by atoms with Crippen molar-refractivity contribution in [3.05, 3.63) is 107 Å². The molecule has 0 bridgehead atoms. The smallest absolute Gasteiger partial charge is 0.256 e. The Morgan fingerprint density at radius 3 is 2.77 bits per heavy atom. The molecule has 0 saturated carbocycles. The van der Waals surface area contributed by atoms with E-state index in [9.17, 15) is 4.79 Å². The summed E-state index contributed by atoms with van der Waals surface area (Å²) in [4.78, 5) is 23.0. The zero-order chi connectivity index (χ0) is 24.8. The van der Waals surface area contributed by atoms with E-state index < -0.39 is 6.04 Å². The van der Waals surface area contributed by atoms with Gasteiger partial charge in [-0.25, -0.2) is 5.90 Å². The number of carbonyl (C=O) groups excluding carboxylic acids is 1. The second kappa shape index (κ2) is 11.1. The Labute approximate surface area is 209 Å². The molecule has 1 amide bonds. The highest BCUT2D eigenvalue weighted by Gasteiger charge is 2.22. The molecule has 35 heavy (non-hydrogen) atoms. The largest absolute Gasteiger partial charge is 0.455 e. The number of pyridine rings is 1. The van der Waals surface area contributed by atoms with Gasteiger partial charge in [0.25, 0.3) is 5.91 Å². The second-order valence-electron chi connectivity index (χ2n) is 8.20. The van der Waals surface area contributed by atoms with Gasteiger partial charge in [0, 0.05) is 10.4 Å². The minimum atomic E-state index is -0.420. The highest BCUT2D eigenvalue weighted by Crippen LogP contribution is 2.31. The van der Waals surface area contributed by atoms with E-state index in [1.807, 2.05) is 73.7 Å². The van der Waals surface area contributed by atoms with Crippen molar-refractivity contribution >= 4 is 34.5 Å². The Morgan fingerprint density at radius 1 is 1.17 bits per heavy atom. The monoisotopic (exact) mass is 487 g/mol. The van der Waals surface area contributed by atoms with Crippen molar-refractivity contribution in [1.29, 1.82) is 0 Å². The van der Waals surface area contributed by atoms with Crippen molar-refractivity contribution in [2.24, 2.45) is 5.90 Å². The predicted octanol–water partition coefficient (Wildman–Crippen LogP) is 5.86. The first-order valence-corrected chi connectivity index (χ1v) is 11.5. The lowest BCUT2D eigenvalue weighted by atomic mass is 10.0. The molecule has 6 nitrogen and oxygen atoms in total. The quantitative estimate of drug-likeness (QED) is 0.289. The van der Waals surface area contributed by atoms with Crippen LogP contribution in [0.4, 0.5) is 0 Å². The lowest BCUT2D eigenvalue weighted by Gasteiger charge is -2.20. The predicted molar refractivity (Wildman–Crippen MR) is 140 cm³/mol. The Bertz CT molecular complexity index is 1370. The molecule has 4 aromatic rings. The number of aromatic nitrogens is 1. The molecule has 0 radical (unpaired) electrons. The first-order chi connectivity index (χ1) is 17.0. The molecule has 7 heteroatoms. The molecular formula is C28H26ClN3O3. The summed E-state index contributed by atoms with van der Waals surface area (Å²) in [6, 6.07) is 20.2. The summed E-state index contributed by atoms with van der Waals surface area (Å²) in [5, 5.41) is 4.34. The van der Waals surface area contributed by atoms with Gasteiger partial charge < -0.3 is 14.9 Å². The van der Waals surface area contributed by atoms with E-state index in [0.29, 0.717) is 39.4 Å². The van der Waals surface area contributed by atoms with E-state index in [1.165, 1.54) is 0 Å². The number of benzene rings is 3. The minimum absolute atomic E-state index is 0.108. The van der Waals surface area contributed by atoms with E-state index in [4.69, 9.17) is 27.1 Å². The molecular weight excluding hydrogens is 462 g/mol. The van der Waals surface area contributed by atoms with Crippen molar-refractivity contribution < 1.29 is 14.4 Å². The molecule has 1 atom stereocenters. The first-order valence-electron chi connectivity index (χ1n) is 11.1. The highest BCUT2D eigenvalue weighted by atomic mass is 35.5. The van der Waals surface area contributed by atoms with Gasteiger partial charge in [-0.05, 0) is 54.3 Å². The SMILES string of the molecule is C=Cc1cccc(Oc2cnc3ccccc3c2C(=O)N[C@@H](CON)Cc2ccc(C)cc2Cl)c1. The summed E-state index contributed by atoms with van der Waals surface area (Å²) in [5.74, 6) is 5.96. The third-order valence-corrected chi connectivity index (χ3v) is 5.95. The van der Waals surface area contributed by atoms with E-state index in [0.717, 1.165) is 16.7 Å². The number of fused-ring (bicyclic) bond motifs is 1. The zero-order valence-electron chi connectivity index (χ0n) is 19.3. The summed E-state index contributed by atoms with van der Waals surface area (Å²) in [6.45, 7) is 5.88. The Balaban J connectivity index is 1.68. The maximum Gasteiger partial charge on any atom is 0.256 e. The molecule has 0 unspecified atom stereocenters. The molecule has 0 aliphatic heterocycles. The van der Waals surface area contributed by atoms with Crippen LogP contribution in [0.3, 0.4) is 0 Å². The van der Waals surface area contributed by atoms with Crippen molar-refractivity contribution in [3.8, 4) is 11.5 Å². The van der Waals surface area contributed by atoms with Crippen LogP contribution in [0, 0.1) is 6.92 Å². The van der Waals surface area contributed by atoms with Crippen LogP contribution in [0.25, 0.3) is 17.0 Å². The fourth-order valence-corrected chi connectivity index (χ4v) is 4.19. The molecule has 4 rings (SSSR count). The Morgan fingerprint density at radius 2 is 2.00 bits per heavy atom. The molecule has 1 aromatic heterocycles. The van der Waals surface area contributed by atoms with Gasteiger partial charge in [-0.1, -0.05) is 66.7 Å². The topological polar surface area (TPSA) is 86.5 Å². The van der Waals surface area contributed by atoms with Gasteiger partial charge in [-0.2, -0.15) is 0 Å². The van der Waals surface area contributed by atoms with Gasteiger partial charge in [0.15, 0.2) is 5.75 Å². The number of carbonyl (C=O) groups is 1. The van der Waals surface area contributed by atoms with Crippen LogP contribution in [0.5, 0.6) is 11.5 Å². The molecule has 1 heterocycles. The number of ether oxygens (including phenoxy) is 1. The molecule has 3 N–H and O–H groups in total. The number of nitrogens with two attached hydrogens (primary N) is 1. The molecule has 0 saturated heterocycles. The molecule has 0 aliphatic carbocycles. The van der Waals surface area contributed by atoms with Crippen LogP contribution in [-0.4, -0.2) is 23.5 Å². The number of nitrogens with one attached hydrogen (secondary N) is 1.